The Balaban J connectivity index is 1.80. The molecule has 0 aliphatic heterocycles. The molecule has 2 rings (SSSR count). The Kier molecular flexibility index (Phi) is 3.85. The number of benzene rings is 1. The number of ether oxygens (including phenoxy) is 1. The molecule has 0 spiro atoms. The topological polar surface area (TPSA) is 67.8 Å². The molecule has 0 radical (unpaired) electrons. The van der Waals surface area contributed by atoms with Crippen LogP contribution in [0.4, 0.5) is 0 Å². The summed E-state index contributed by atoms with van der Waals surface area (Å²) in [4.78, 5) is 0. The summed E-state index contributed by atoms with van der Waals surface area (Å²) in [6, 6.07) is 7.25. The summed E-state index contributed by atoms with van der Waals surface area (Å²) < 4.78 is 5.64. The van der Waals surface area contributed by atoms with Gasteiger partial charge in [-0.3, -0.25) is 0 Å². The molecular formula is C13H18N2O2. The number of oxime groups is 1. The van der Waals surface area contributed by atoms with Crippen molar-refractivity contribution in [2.75, 3.05) is 6.61 Å². The van der Waals surface area contributed by atoms with Crippen LogP contribution in [0, 0.1) is 5.92 Å². The van der Waals surface area contributed by atoms with Gasteiger partial charge < -0.3 is 15.7 Å². The molecule has 0 amide bonds. The highest BCUT2D eigenvalue weighted by molar-refractivity contribution is 5.97. The summed E-state index contributed by atoms with van der Waals surface area (Å²) in [7, 11) is 0. The summed E-state index contributed by atoms with van der Waals surface area (Å²) >= 11 is 0. The van der Waals surface area contributed by atoms with Crippen molar-refractivity contribution in [2.24, 2.45) is 16.8 Å². The van der Waals surface area contributed by atoms with Crippen molar-refractivity contribution in [3.8, 4) is 5.75 Å². The number of rotatable bonds is 5. The average molecular weight is 234 g/mol. The van der Waals surface area contributed by atoms with Gasteiger partial charge in [0.05, 0.1) is 6.61 Å². The molecule has 0 unspecified atom stereocenters. The molecule has 1 saturated carbocycles. The lowest BCUT2D eigenvalue weighted by Crippen LogP contribution is -2.14. The van der Waals surface area contributed by atoms with Gasteiger partial charge in [0.25, 0.3) is 0 Å². The van der Waals surface area contributed by atoms with E-state index < -0.39 is 0 Å². The monoisotopic (exact) mass is 234 g/mol. The van der Waals surface area contributed by atoms with Crippen molar-refractivity contribution in [2.45, 2.75) is 25.7 Å². The van der Waals surface area contributed by atoms with Gasteiger partial charge in [0.2, 0.25) is 0 Å². The van der Waals surface area contributed by atoms with Gasteiger partial charge in [0.15, 0.2) is 5.84 Å². The molecule has 0 aromatic heterocycles. The highest BCUT2D eigenvalue weighted by Crippen LogP contribution is 2.29. The van der Waals surface area contributed by atoms with Gasteiger partial charge in [-0.1, -0.05) is 24.4 Å². The Morgan fingerprint density at radius 2 is 2.06 bits per heavy atom. The van der Waals surface area contributed by atoms with Crippen LogP contribution in [-0.4, -0.2) is 17.6 Å². The minimum absolute atomic E-state index is 0.117. The maximum absolute atomic E-state index is 8.53. The maximum atomic E-state index is 8.53. The van der Waals surface area contributed by atoms with Crippen molar-refractivity contribution in [3.05, 3.63) is 29.8 Å². The summed E-state index contributed by atoms with van der Waals surface area (Å²) in [5.74, 6) is 1.82. The fourth-order valence-corrected chi connectivity index (χ4v) is 1.90. The van der Waals surface area contributed by atoms with Crippen LogP contribution in [0.5, 0.6) is 5.75 Å². The summed E-state index contributed by atoms with van der Waals surface area (Å²) in [5, 5.41) is 11.5. The summed E-state index contributed by atoms with van der Waals surface area (Å²) in [6.45, 7) is 0.771. The van der Waals surface area contributed by atoms with Gasteiger partial charge in [-0.25, -0.2) is 0 Å². The minimum atomic E-state index is 0.117. The van der Waals surface area contributed by atoms with E-state index in [-0.39, 0.29) is 5.84 Å². The highest BCUT2D eigenvalue weighted by Gasteiger charge is 2.16. The van der Waals surface area contributed by atoms with E-state index in [0.717, 1.165) is 24.7 Å². The van der Waals surface area contributed by atoms with Crippen LogP contribution >= 0.6 is 0 Å². The second kappa shape index (κ2) is 5.57. The van der Waals surface area contributed by atoms with E-state index in [4.69, 9.17) is 15.7 Å². The lowest BCUT2D eigenvalue weighted by atomic mass is 9.83. The number of nitrogens with zero attached hydrogens (tertiary/aromatic N) is 1. The van der Waals surface area contributed by atoms with E-state index >= 15 is 0 Å². The van der Waals surface area contributed by atoms with Crippen molar-refractivity contribution >= 4 is 5.84 Å². The first kappa shape index (κ1) is 11.8. The number of hydrogen-bond donors (Lipinski definition) is 2. The second-order valence-electron chi connectivity index (χ2n) is 4.44. The quantitative estimate of drug-likeness (QED) is 0.355. The van der Waals surface area contributed by atoms with Gasteiger partial charge in [-0.2, -0.15) is 0 Å². The zero-order valence-electron chi connectivity index (χ0n) is 9.80. The zero-order valence-corrected chi connectivity index (χ0v) is 9.80. The molecule has 4 heteroatoms. The van der Waals surface area contributed by atoms with E-state index in [2.05, 4.69) is 5.16 Å². The molecule has 0 saturated heterocycles. The normalized spacial score (nSPS) is 16.6. The molecule has 0 bridgehead atoms. The van der Waals surface area contributed by atoms with Crippen LogP contribution in [0.2, 0.25) is 0 Å². The first-order valence-corrected chi connectivity index (χ1v) is 6.00. The third-order valence-corrected chi connectivity index (χ3v) is 3.28. The second-order valence-corrected chi connectivity index (χ2v) is 4.44. The smallest absolute Gasteiger partial charge is 0.170 e. The average Bonchev–Trinajstić information content (AvgIpc) is 2.32. The Morgan fingerprint density at radius 1 is 1.35 bits per heavy atom. The third-order valence-electron chi connectivity index (χ3n) is 3.28. The predicted octanol–water partition coefficient (Wildman–Crippen LogP) is 2.35. The Hall–Kier alpha value is -1.71. The number of amidine groups is 1. The number of nitrogens with two attached hydrogens (primary N) is 1. The van der Waals surface area contributed by atoms with E-state index in [1.807, 2.05) is 12.1 Å². The SMILES string of the molecule is N/C(=N/O)c1ccc(OCCC2CCC2)cc1. The summed E-state index contributed by atoms with van der Waals surface area (Å²) in [5.41, 5.74) is 6.16. The van der Waals surface area contributed by atoms with E-state index in [1.54, 1.807) is 12.1 Å². The predicted molar refractivity (Wildman–Crippen MR) is 66.4 cm³/mol. The first-order valence-electron chi connectivity index (χ1n) is 6.00. The van der Waals surface area contributed by atoms with Gasteiger partial charge in [0, 0.05) is 5.56 Å². The molecule has 1 aliphatic rings. The van der Waals surface area contributed by atoms with Gasteiger partial charge >= 0.3 is 0 Å². The Morgan fingerprint density at radius 3 is 2.59 bits per heavy atom. The van der Waals surface area contributed by atoms with Gasteiger partial charge in [-0.15, -0.1) is 0 Å². The number of hydrogen-bond acceptors (Lipinski definition) is 3. The van der Waals surface area contributed by atoms with Crippen LogP contribution in [-0.2, 0) is 0 Å². The molecule has 1 aliphatic carbocycles. The molecule has 1 fully saturated rings. The van der Waals surface area contributed by atoms with E-state index in [1.165, 1.54) is 19.3 Å². The molecule has 0 atom stereocenters. The fourth-order valence-electron chi connectivity index (χ4n) is 1.90. The standard InChI is InChI=1S/C13H18N2O2/c14-13(15-16)11-4-6-12(7-5-11)17-9-8-10-2-1-3-10/h4-7,10,16H,1-3,8-9H2,(H2,14,15). The lowest BCUT2D eigenvalue weighted by molar-refractivity contribution is 0.222. The van der Waals surface area contributed by atoms with Crippen LogP contribution in [0.3, 0.4) is 0 Å². The molecule has 1 aromatic rings. The molecule has 92 valence electrons. The zero-order chi connectivity index (χ0) is 12.1. The van der Waals surface area contributed by atoms with Gasteiger partial charge in [0.1, 0.15) is 5.75 Å². The highest BCUT2D eigenvalue weighted by atomic mass is 16.5. The Bertz CT molecular complexity index is 383. The van der Waals surface area contributed by atoms with Crippen LogP contribution in [0.25, 0.3) is 0 Å². The van der Waals surface area contributed by atoms with Gasteiger partial charge in [-0.05, 0) is 36.6 Å². The minimum Gasteiger partial charge on any atom is -0.494 e. The van der Waals surface area contributed by atoms with E-state index in [0.29, 0.717) is 5.56 Å². The van der Waals surface area contributed by atoms with E-state index in [9.17, 15) is 0 Å². The largest absolute Gasteiger partial charge is 0.494 e. The van der Waals surface area contributed by atoms with Crippen molar-refractivity contribution in [3.63, 3.8) is 0 Å². The van der Waals surface area contributed by atoms with Crippen molar-refractivity contribution in [1.82, 2.24) is 0 Å². The molecule has 1 aromatic carbocycles. The Labute approximate surface area is 101 Å². The summed E-state index contributed by atoms with van der Waals surface area (Å²) in [6.07, 6.45) is 5.22. The molecule has 0 heterocycles. The maximum Gasteiger partial charge on any atom is 0.170 e. The van der Waals surface area contributed by atoms with Crippen LogP contribution in [0.1, 0.15) is 31.2 Å². The van der Waals surface area contributed by atoms with Crippen molar-refractivity contribution in [1.29, 1.82) is 0 Å². The molecule has 3 N–H and O–H groups in total. The first-order chi connectivity index (χ1) is 8.29. The lowest BCUT2D eigenvalue weighted by Gasteiger charge is -2.24. The third kappa shape index (κ3) is 3.12. The van der Waals surface area contributed by atoms with Crippen LogP contribution in [0.15, 0.2) is 29.4 Å². The fraction of sp³-hybridized carbons (Fsp3) is 0.462. The molecule has 17 heavy (non-hydrogen) atoms. The molecular weight excluding hydrogens is 216 g/mol. The molecule has 4 nitrogen and oxygen atoms in total. The van der Waals surface area contributed by atoms with Crippen molar-refractivity contribution < 1.29 is 9.94 Å². The van der Waals surface area contributed by atoms with Crippen LogP contribution < -0.4 is 10.5 Å².